The molecule has 0 saturated heterocycles. The molecule has 326 valence electrons. The fourth-order valence-corrected chi connectivity index (χ4v) is 9.67. The van der Waals surface area contributed by atoms with Crippen LogP contribution in [0.4, 0.5) is 0 Å². The molecule has 65 heavy (non-hydrogen) atoms. The summed E-state index contributed by atoms with van der Waals surface area (Å²) in [6, 6.07) is 46.5. The number of hydrogen-bond acceptors (Lipinski definition) is 9. The first-order valence-electron chi connectivity index (χ1n) is 21.6. The molecule has 0 aliphatic heterocycles. The van der Waals surface area contributed by atoms with E-state index in [9.17, 15) is 46.0 Å². The molecule has 0 radical (unpaired) electrons. The minimum absolute atomic E-state index is 0.00891. The van der Waals surface area contributed by atoms with Gasteiger partial charge in [0.15, 0.2) is 0 Å². The zero-order valence-electron chi connectivity index (χ0n) is 35.3. The topological polar surface area (TPSA) is 182 Å². The van der Waals surface area contributed by atoms with E-state index in [-0.39, 0.29) is 68.4 Å². The van der Waals surface area contributed by atoms with E-state index in [2.05, 4.69) is 0 Å². The van der Waals surface area contributed by atoms with E-state index in [4.69, 9.17) is 0 Å². The number of benzene rings is 8. The van der Waals surface area contributed by atoms with Crippen molar-refractivity contribution in [2.75, 3.05) is 0 Å². The average molecular weight is 865 g/mol. The second-order valence-electron chi connectivity index (χ2n) is 16.9. The van der Waals surface area contributed by atoms with Crippen molar-refractivity contribution >= 4 is 0 Å². The predicted molar refractivity (Wildman–Crippen MR) is 249 cm³/mol. The number of rotatable bonds is 8. The zero-order chi connectivity index (χ0) is 45.4. The fourth-order valence-electron chi connectivity index (χ4n) is 9.67. The summed E-state index contributed by atoms with van der Waals surface area (Å²) in [5, 5.41) is 104. The van der Waals surface area contributed by atoms with Crippen LogP contribution in [0.3, 0.4) is 0 Å². The van der Waals surface area contributed by atoms with Gasteiger partial charge in [0.2, 0.25) is 0 Å². The quantitative estimate of drug-likeness (QED) is 0.0718. The lowest BCUT2D eigenvalue weighted by atomic mass is 9.75. The van der Waals surface area contributed by atoms with Crippen LogP contribution in [0, 0.1) is 0 Å². The second-order valence-corrected chi connectivity index (χ2v) is 16.9. The molecule has 4 atom stereocenters. The highest BCUT2D eigenvalue weighted by atomic mass is 16.3. The number of phenols is 9. The smallest absolute Gasteiger partial charge is 0.123 e. The molecule has 0 aromatic heterocycles. The summed E-state index contributed by atoms with van der Waals surface area (Å²) in [5.74, 6) is -4.78. The van der Waals surface area contributed by atoms with Crippen LogP contribution in [0.1, 0.15) is 103 Å². The highest BCUT2D eigenvalue weighted by molar-refractivity contribution is 5.64. The molecule has 4 unspecified atom stereocenters. The minimum Gasteiger partial charge on any atom is -0.508 e. The van der Waals surface area contributed by atoms with Crippen molar-refractivity contribution < 1.29 is 46.0 Å². The SMILES string of the molecule is Oc1ccc(C2c3cc(c(O)cc3O)C(CCc3ccccc3)c3ccc(O)c(c3)C(CCc3ccccc3)c3cc(c(O)cc3O)C(c3ccc(O)cc3)c3cc2c(O)cc3O)cc1. The molecule has 0 heterocycles. The molecule has 1 aliphatic carbocycles. The van der Waals surface area contributed by atoms with E-state index in [0.717, 1.165) is 16.7 Å². The van der Waals surface area contributed by atoms with Gasteiger partial charge in [-0.15, -0.1) is 0 Å². The molecule has 9 heteroatoms. The lowest BCUT2D eigenvalue weighted by Crippen LogP contribution is -2.12. The predicted octanol–water partition coefficient (Wildman–Crippen LogP) is 11.2. The number of aromatic hydroxyl groups is 9. The average Bonchev–Trinajstić information content (AvgIpc) is 3.29. The van der Waals surface area contributed by atoms with Crippen LogP contribution in [0.2, 0.25) is 0 Å². The van der Waals surface area contributed by atoms with Gasteiger partial charge in [0, 0.05) is 80.8 Å². The third-order valence-corrected chi connectivity index (χ3v) is 12.9. The van der Waals surface area contributed by atoms with E-state index in [0.29, 0.717) is 59.1 Å². The lowest BCUT2D eigenvalue weighted by molar-refractivity contribution is 0.431. The van der Waals surface area contributed by atoms with E-state index in [1.54, 1.807) is 48.5 Å². The van der Waals surface area contributed by atoms with Gasteiger partial charge in [-0.25, -0.2) is 0 Å². The molecule has 9 rings (SSSR count). The molecule has 0 amide bonds. The Morgan fingerprint density at radius 3 is 1.05 bits per heavy atom. The van der Waals surface area contributed by atoms with Crippen LogP contribution in [-0.4, -0.2) is 46.0 Å². The summed E-state index contributed by atoms with van der Waals surface area (Å²) in [7, 11) is 0. The van der Waals surface area contributed by atoms with Crippen molar-refractivity contribution in [3.05, 3.63) is 231 Å². The Bertz CT molecular complexity index is 2990. The Kier molecular flexibility index (Phi) is 11.5. The van der Waals surface area contributed by atoms with Crippen molar-refractivity contribution in [1.29, 1.82) is 0 Å². The maximum Gasteiger partial charge on any atom is 0.123 e. The van der Waals surface area contributed by atoms with Gasteiger partial charge in [-0.2, -0.15) is 0 Å². The Morgan fingerprint density at radius 2 is 0.615 bits per heavy atom. The highest BCUT2D eigenvalue weighted by Crippen LogP contribution is 2.52. The molecule has 0 fully saturated rings. The monoisotopic (exact) mass is 864 g/mol. The maximum absolute atomic E-state index is 11.9. The van der Waals surface area contributed by atoms with Gasteiger partial charge in [-0.05, 0) is 102 Å². The van der Waals surface area contributed by atoms with Crippen molar-refractivity contribution in [2.45, 2.75) is 49.4 Å². The van der Waals surface area contributed by atoms with Gasteiger partial charge < -0.3 is 46.0 Å². The van der Waals surface area contributed by atoms with Crippen LogP contribution >= 0.6 is 0 Å². The van der Waals surface area contributed by atoms with Crippen LogP contribution < -0.4 is 0 Å². The Morgan fingerprint density at radius 1 is 0.277 bits per heavy atom. The Hall–Kier alpha value is -8.04. The maximum atomic E-state index is 11.9. The molecule has 9 N–H and O–H groups in total. The van der Waals surface area contributed by atoms with E-state index in [1.807, 2.05) is 72.8 Å². The number of aryl methyl sites for hydroxylation is 2. The molecular formula is C56H48O9. The standard InChI is InChI=1S/C56H48O9/c57-37-18-13-34(14-19-37)55-44-26-42(49(60)29-51(44)62)39(22-11-32-7-3-1-4-8-32)36-17-24-48(59)41(25-36)40(23-12-33-9-5-2-6-10-33)43-27-45(52(63)30-50(43)61)56(35-15-20-38(58)21-16-35)47-28-46(55)53(64)31-54(47)65/h1-10,13-21,24-31,39-40,55-65H,11-12,22-23H2. The van der Waals surface area contributed by atoms with Gasteiger partial charge in [-0.3, -0.25) is 0 Å². The minimum atomic E-state index is -0.983. The molecule has 0 saturated carbocycles. The van der Waals surface area contributed by atoms with E-state index >= 15 is 0 Å². The fraction of sp³-hybridized carbons (Fsp3) is 0.143. The summed E-state index contributed by atoms with van der Waals surface area (Å²) in [4.78, 5) is 0. The molecule has 8 bridgehead atoms. The van der Waals surface area contributed by atoms with Crippen LogP contribution in [0.25, 0.3) is 0 Å². The first kappa shape index (κ1) is 42.3. The zero-order valence-corrected chi connectivity index (χ0v) is 35.3. The molecule has 8 aromatic carbocycles. The number of fused-ring (bicyclic) bond motifs is 8. The molecule has 9 nitrogen and oxygen atoms in total. The molecule has 8 aromatic rings. The van der Waals surface area contributed by atoms with E-state index < -0.39 is 23.7 Å². The molecular weight excluding hydrogens is 817 g/mol. The largest absolute Gasteiger partial charge is 0.508 e. The van der Waals surface area contributed by atoms with Gasteiger partial charge in [-0.1, -0.05) is 97.1 Å². The van der Waals surface area contributed by atoms with Gasteiger partial charge in [0.05, 0.1) is 0 Å². The Labute approximate surface area is 376 Å². The van der Waals surface area contributed by atoms with Gasteiger partial charge in [0.1, 0.15) is 51.7 Å². The van der Waals surface area contributed by atoms with Crippen molar-refractivity contribution in [3.63, 3.8) is 0 Å². The third kappa shape index (κ3) is 8.44. The summed E-state index contributed by atoms with van der Waals surface area (Å²) in [5.41, 5.74) is 6.35. The van der Waals surface area contributed by atoms with Gasteiger partial charge >= 0.3 is 0 Å². The van der Waals surface area contributed by atoms with Crippen molar-refractivity contribution in [2.24, 2.45) is 0 Å². The second kappa shape index (κ2) is 17.6. The number of hydrogen-bond donors (Lipinski definition) is 9. The molecule has 0 spiro atoms. The summed E-state index contributed by atoms with van der Waals surface area (Å²) >= 11 is 0. The van der Waals surface area contributed by atoms with Gasteiger partial charge in [0.25, 0.3) is 0 Å². The Balaban J connectivity index is 1.38. The lowest BCUT2D eigenvalue weighted by Gasteiger charge is -2.29. The van der Waals surface area contributed by atoms with Crippen LogP contribution in [-0.2, 0) is 12.8 Å². The van der Waals surface area contributed by atoms with E-state index in [1.165, 1.54) is 42.5 Å². The third-order valence-electron chi connectivity index (χ3n) is 12.9. The highest BCUT2D eigenvalue weighted by Gasteiger charge is 2.33. The first-order valence-corrected chi connectivity index (χ1v) is 21.6. The summed E-state index contributed by atoms with van der Waals surface area (Å²) < 4.78 is 0. The molecule has 1 aliphatic rings. The van der Waals surface area contributed by atoms with Crippen molar-refractivity contribution in [1.82, 2.24) is 0 Å². The summed E-state index contributed by atoms with van der Waals surface area (Å²) in [6.45, 7) is 0. The normalized spacial score (nSPS) is 16.8. The van der Waals surface area contributed by atoms with Crippen LogP contribution in [0.5, 0.6) is 51.7 Å². The van der Waals surface area contributed by atoms with Crippen molar-refractivity contribution in [3.8, 4) is 51.7 Å². The van der Waals surface area contributed by atoms with Crippen LogP contribution in [0.15, 0.2) is 164 Å². The number of phenolic OH excluding ortho intramolecular Hbond substituents is 9. The summed E-state index contributed by atoms with van der Waals surface area (Å²) in [6.07, 6.45) is 2.04. The first-order chi connectivity index (χ1) is 31.4.